The molecule has 0 unspecified atom stereocenters. The fourth-order valence-corrected chi connectivity index (χ4v) is 2.07. The smallest absolute Gasteiger partial charge is 0.168 e. The minimum atomic E-state index is 0.233. The lowest BCUT2D eigenvalue weighted by molar-refractivity contribution is 0.0983. The molecule has 0 saturated carbocycles. The first-order valence-electron chi connectivity index (χ1n) is 5.54. The number of aryl methyl sites for hydroxylation is 1. The molecule has 4 nitrogen and oxygen atoms in total. The van der Waals surface area contributed by atoms with Crippen molar-refractivity contribution >= 4 is 11.6 Å². The molecule has 0 bridgehead atoms. The normalized spacial score (nSPS) is 16.4. The van der Waals surface area contributed by atoms with Crippen molar-refractivity contribution in [1.82, 2.24) is 9.78 Å². The Balaban J connectivity index is 2.37. The highest BCUT2D eigenvalue weighted by Crippen LogP contribution is 2.24. The largest absolute Gasteiger partial charge is 0.355 e. The summed E-state index contributed by atoms with van der Waals surface area (Å²) in [6, 6.07) is 0. The van der Waals surface area contributed by atoms with Crippen LogP contribution in [-0.2, 0) is 7.05 Å². The summed E-state index contributed by atoms with van der Waals surface area (Å²) in [5.41, 5.74) is 0.795. The van der Waals surface area contributed by atoms with E-state index in [1.807, 2.05) is 13.2 Å². The minimum absolute atomic E-state index is 0.233. The second-order valence-electron chi connectivity index (χ2n) is 4.05. The van der Waals surface area contributed by atoms with Gasteiger partial charge in [-0.25, -0.2) is 0 Å². The number of carbonyl (C=O) groups is 1. The molecule has 2 rings (SSSR count). The number of fused-ring (bicyclic) bond motifs is 1. The Labute approximate surface area is 89.9 Å². The molecule has 0 saturated heterocycles. The summed E-state index contributed by atoms with van der Waals surface area (Å²) in [6.07, 6.45) is 4.52. The average molecular weight is 207 g/mol. The van der Waals surface area contributed by atoms with Crippen molar-refractivity contribution in [2.24, 2.45) is 7.05 Å². The van der Waals surface area contributed by atoms with Crippen LogP contribution in [0.4, 0.5) is 5.82 Å². The topological polar surface area (TPSA) is 38.1 Å². The lowest BCUT2D eigenvalue weighted by Gasteiger charge is -2.20. The molecule has 15 heavy (non-hydrogen) atoms. The van der Waals surface area contributed by atoms with E-state index in [1.54, 1.807) is 4.68 Å². The van der Waals surface area contributed by atoms with Gasteiger partial charge < -0.3 is 4.90 Å². The van der Waals surface area contributed by atoms with Crippen molar-refractivity contribution < 1.29 is 4.79 Å². The van der Waals surface area contributed by atoms with Gasteiger partial charge in [-0.1, -0.05) is 6.92 Å². The molecule has 0 aliphatic carbocycles. The van der Waals surface area contributed by atoms with Crippen molar-refractivity contribution in [2.75, 3.05) is 18.0 Å². The van der Waals surface area contributed by atoms with E-state index in [4.69, 9.17) is 0 Å². The van der Waals surface area contributed by atoms with E-state index < -0.39 is 0 Å². The Morgan fingerprint density at radius 3 is 3.07 bits per heavy atom. The fourth-order valence-electron chi connectivity index (χ4n) is 2.07. The third kappa shape index (κ3) is 1.89. The van der Waals surface area contributed by atoms with E-state index in [1.165, 1.54) is 0 Å². The number of hydrogen-bond acceptors (Lipinski definition) is 3. The summed E-state index contributed by atoms with van der Waals surface area (Å²) in [4.78, 5) is 14.0. The van der Waals surface area contributed by atoms with Crippen LogP contribution < -0.4 is 4.90 Å². The van der Waals surface area contributed by atoms with E-state index in [0.29, 0.717) is 6.42 Å². The van der Waals surface area contributed by atoms with Crippen LogP contribution in [0.1, 0.15) is 36.5 Å². The number of hydrogen-bond donors (Lipinski definition) is 0. The van der Waals surface area contributed by atoms with Gasteiger partial charge in [0.1, 0.15) is 0 Å². The first-order valence-corrected chi connectivity index (χ1v) is 5.54. The molecule has 4 heteroatoms. The molecule has 0 spiro atoms. The van der Waals surface area contributed by atoms with Crippen molar-refractivity contribution in [3.63, 3.8) is 0 Å². The van der Waals surface area contributed by atoms with E-state index >= 15 is 0 Å². The highest BCUT2D eigenvalue weighted by molar-refractivity contribution is 6.00. The van der Waals surface area contributed by atoms with Crippen molar-refractivity contribution in [2.45, 2.75) is 26.2 Å². The molecule has 0 fully saturated rings. The molecule has 0 amide bonds. The van der Waals surface area contributed by atoms with Crippen LogP contribution in [0.3, 0.4) is 0 Å². The second-order valence-corrected chi connectivity index (χ2v) is 4.05. The van der Waals surface area contributed by atoms with E-state index in [0.717, 1.165) is 37.3 Å². The Hall–Kier alpha value is -1.32. The van der Waals surface area contributed by atoms with E-state index in [-0.39, 0.29) is 5.78 Å². The number of anilines is 1. The van der Waals surface area contributed by atoms with Gasteiger partial charge in [0.2, 0.25) is 0 Å². The number of Topliss-reactive ketones (excluding diaryl/α,β-unsaturated/α-hetero) is 1. The predicted molar refractivity (Wildman–Crippen MR) is 59.3 cm³/mol. The molecule has 1 aliphatic rings. The standard InChI is InChI=1S/C11H17N3O/c1-3-6-14-7-4-5-10(15)9-8-13(2)12-11(9)14/h8H,3-7H2,1-2H3. The molecule has 0 radical (unpaired) electrons. The number of nitrogens with zero attached hydrogens (tertiary/aromatic N) is 3. The van der Waals surface area contributed by atoms with Gasteiger partial charge in [0, 0.05) is 32.8 Å². The van der Waals surface area contributed by atoms with Crippen LogP contribution in [-0.4, -0.2) is 28.7 Å². The van der Waals surface area contributed by atoms with Gasteiger partial charge in [0.25, 0.3) is 0 Å². The molecular formula is C11H17N3O. The first-order chi connectivity index (χ1) is 7.22. The molecule has 2 heterocycles. The maximum absolute atomic E-state index is 11.8. The lowest BCUT2D eigenvalue weighted by atomic mass is 10.1. The van der Waals surface area contributed by atoms with Gasteiger partial charge >= 0.3 is 0 Å². The Kier molecular flexibility index (Phi) is 2.75. The third-order valence-electron chi connectivity index (χ3n) is 2.73. The van der Waals surface area contributed by atoms with Crippen LogP contribution in [0.25, 0.3) is 0 Å². The molecule has 1 aromatic heterocycles. The zero-order chi connectivity index (χ0) is 10.8. The third-order valence-corrected chi connectivity index (χ3v) is 2.73. The summed E-state index contributed by atoms with van der Waals surface area (Å²) in [5.74, 6) is 1.11. The van der Waals surface area contributed by atoms with Crippen molar-refractivity contribution in [1.29, 1.82) is 0 Å². The van der Waals surface area contributed by atoms with E-state index in [2.05, 4.69) is 16.9 Å². The lowest BCUT2D eigenvalue weighted by Crippen LogP contribution is -2.25. The number of rotatable bonds is 2. The quantitative estimate of drug-likeness (QED) is 0.739. The Morgan fingerprint density at radius 2 is 2.33 bits per heavy atom. The number of aromatic nitrogens is 2. The van der Waals surface area contributed by atoms with Gasteiger partial charge in [0.05, 0.1) is 5.56 Å². The summed E-state index contributed by atoms with van der Waals surface area (Å²) in [5, 5.41) is 4.38. The second kappa shape index (κ2) is 4.04. The van der Waals surface area contributed by atoms with Crippen LogP contribution in [0.15, 0.2) is 6.20 Å². The SMILES string of the molecule is CCCN1CCCC(=O)c2cn(C)nc21. The molecule has 1 aromatic rings. The maximum atomic E-state index is 11.8. The summed E-state index contributed by atoms with van der Waals surface area (Å²) >= 11 is 0. The Morgan fingerprint density at radius 1 is 1.53 bits per heavy atom. The highest BCUT2D eigenvalue weighted by Gasteiger charge is 2.23. The summed E-state index contributed by atoms with van der Waals surface area (Å²) < 4.78 is 1.73. The zero-order valence-electron chi connectivity index (χ0n) is 9.36. The fraction of sp³-hybridized carbons (Fsp3) is 0.636. The van der Waals surface area contributed by atoms with Crippen molar-refractivity contribution in [3.8, 4) is 0 Å². The summed E-state index contributed by atoms with van der Waals surface area (Å²) in [6.45, 7) is 4.08. The van der Waals surface area contributed by atoms with Crippen LogP contribution >= 0.6 is 0 Å². The molecule has 82 valence electrons. The molecular weight excluding hydrogens is 190 g/mol. The van der Waals surface area contributed by atoms with Crippen LogP contribution in [0.5, 0.6) is 0 Å². The number of carbonyl (C=O) groups excluding carboxylic acids is 1. The molecule has 0 atom stereocenters. The monoisotopic (exact) mass is 207 g/mol. The van der Waals surface area contributed by atoms with Crippen molar-refractivity contribution in [3.05, 3.63) is 11.8 Å². The van der Waals surface area contributed by atoms with Gasteiger partial charge in [-0.2, -0.15) is 5.10 Å². The van der Waals surface area contributed by atoms with E-state index in [9.17, 15) is 4.79 Å². The molecule has 0 N–H and O–H groups in total. The van der Waals surface area contributed by atoms with Crippen LogP contribution in [0, 0.1) is 0 Å². The van der Waals surface area contributed by atoms with Gasteiger partial charge in [-0.15, -0.1) is 0 Å². The van der Waals surface area contributed by atoms with Gasteiger partial charge in [-0.05, 0) is 12.8 Å². The number of ketones is 1. The average Bonchev–Trinajstić information content (AvgIpc) is 2.53. The predicted octanol–water partition coefficient (Wildman–Crippen LogP) is 1.61. The maximum Gasteiger partial charge on any atom is 0.168 e. The zero-order valence-corrected chi connectivity index (χ0v) is 9.36. The molecule has 1 aliphatic heterocycles. The Bertz CT molecular complexity index is 370. The first kappa shape index (κ1) is 10.2. The highest BCUT2D eigenvalue weighted by atomic mass is 16.1. The van der Waals surface area contributed by atoms with Gasteiger partial charge in [0.15, 0.2) is 11.6 Å². The minimum Gasteiger partial charge on any atom is -0.355 e. The summed E-state index contributed by atoms with van der Waals surface area (Å²) in [7, 11) is 1.87. The van der Waals surface area contributed by atoms with Gasteiger partial charge in [-0.3, -0.25) is 9.48 Å². The van der Waals surface area contributed by atoms with Crippen LogP contribution in [0.2, 0.25) is 0 Å². The molecule has 0 aromatic carbocycles.